The Morgan fingerprint density at radius 2 is 1.69 bits per heavy atom. The highest BCUT2D eigenvalue weighted by molar-refractivity contribution is 7.92. The Labute approximate surface area is 208 Å². The maximum atomic E-state index is 13.6. The molecule has 0 fully saturated rings. The third kappa shape index (κ3) is 7.61. The zero-order chi connectivity index (χ0) is 26.2. The van der Waals surface area contributed by atoms with Gasteiger partial charge in [-0.3, -0.25) is 13.9 Å². The van der Waals surface area contributed by atoms with Gasteiger partial charge in [-0.05, 0) is 38.0 Å². The molecular formula is C25H35N3O6S. The first-order valence-corrected chi connectivity index (χ1v) is 13.2. The minimum atomic E-state index is -3.88. The van der Waals surface area contributed by atoms with E-state index in [2.05, 4.69) is 5.32 Å². The Morgan fingerprint density at radius 3 is 2.23 bits per heavy atom. The zero-order valence-corrected chi connectivity index (χ0v) is 22.0. The highest BCUT2D eigenvalue weighted by atomic mass is 32.2. The predicted octanol–water partition coefficient (Wildman–Crippen LogP) is 2.80. The van der Waals surface area contributed by atoms with Gasteiger partial charge in [0, 0.05) is 18.7 Å². The van der Waals surface area contributed by atoms with Crippen LogP contribution in [0.25, 0.3) is 0 Å². The number of hydrogen-bond donors (Lipinski definition) is 1. The largest absolute Gasteiger partial charge is 0.497 e. The number of sulfonamides is 1. The van der Waals surface area contributed by atoms with E-state index in [1.54, 1.807) is 19.1 Å². The van der Waals surface area contributed by atoms with Gasteiger partial charge in [0.05, 0.1) is 26.2 Å². The fourth-order valence-electron chi connectivity index (χ4n) is 3.41. The summed E-state index contributed by atoms with van der Waals surface area (Å²) in [5.41, 5.74) is 1.01. The Hall–Kier alpha value is -3.27. The van der Waals surface area contributed by atoms with Gasteiger partial charge in [-0.15, -0.1) is 0 Å². The van der Waals surface area contributed by atoms with E-state index in [9.17, 15) is 18.0 Å². The van der Waals surface area contributed by atoms with E-state index in [1.165, 1.54) is 25.2 Å². The van der Waals surface area contributed by atoms with Crippen molar-refractivity contribution in [3.8, 4) is 11.5 Å². The first kappa shape index (κ1) is 28.0. The first-order chi connectivity index (χ1) is 16.5. The molecule has 35 heavy (non-hydrogen) atoms. The van der Waals surface area contributed by atoms with Crippen LogP contribution in [0.4, 0.5) is 5.69 Å². The molecular weight excluding hydrogens is 470 g/mol. The van der Waals surface area contributed by atoms with E-state index < -0.39 is 28.5 Å². The Bertz CT molecular complexity index is 1110. The van der Waals surface area contributed by atoms with Crippen molar-refractivity contribution in [3.63, 3.8) is 0 Å². The molecule has 0 heterocycles. The van der Waals surface area contributed by atoms with Crippen LogP contribution < -0.4 is 19.1 Å². The van der Waals surface area contributed by atoms with E-state index in [0.717, 1.165) is 22.5 Å². The summed E-state index contributed by atoms with van der Waals surface area (Å²) in [7, 11) is -0.984. The topological polar surface area (TPSA) is 105 Å². The fourth-order valence-corrected chi connectivity index (χ4v) is 4.27. The lowest BCUT2D eigenvalue weighted by Gasteiger charge is -2.32. The molecule has 1 N–H and O–H groups in total. The minimum absolute atomic E-state index is 0.0605. The van der Waals surface area contributed by atoms with Gasteiger partial charge in [0.1, 0.15) is 24.1 Å². The second-order valence-electron chi connectivity index (χ2n) is 8.31. The lowest BCUT2D eigenvalue weighted by Crippen LogP contribution is -2.52. The maximum Gasteiger partial charge on any atom is 0.244 e. The van der Waals surface area contributed by atoms with Crippen LogP contribution in [0.2, 0.25) is 0 Å². The van der Waals surface area contributed by atoms with Crippen LogP contribution in [-0.2, 0) is 26.2 Å². The molecule has 0 saturated carbocycles. The van der Waals surface area contributed by atoms with Crippen molar-refractivity contribution in [3.05, 3.63) is 54.1 Å². The van der Waals surface area contributed by atoms with Gasteiger partial charge >= 0.3 is 0 Å². The Balaban J connectivity index is 2.43. The van der Waals surface area contributed by atoms with Crippen molar-refractivity contribution >= 4 is 27.5 Å². The van der Waals surface area contributed by atoms with Crippen molar-refractivity contribution in [2.75, 3.05) is 31.3 Å². The summed E-state index contributed by atoms with van der Waals surface area (Å²) < 4.78 is 37.0. The highest BCUT2D eigenvalue weighted by Gasteiger charge is 2.31. The number of amides is 2. The molecule has 0 unspecified atom stereocenters. The van der Waals surface area contributed by atoms with Crippen molar-refractivity contribution in [2.45, 2.75) is 45.8 Å². The monoisotopic (exact) mass is 505 g/mol. The number of rotatable bonds is 12. The quantitative estimate of drug-likeness (QED) is 0.476. The van der Waals surface area contributed by atoms with E-state index in [1.807, 2.05) is 44.2 Å². The predicted molar refractivity (Wildman–Crippen MR) is 136 cm³/mol. The summed E-state index contributed by atoms with van der Waals surface area (Å²) >= 11 is 0. The SMILES string of the molecule is CC[C@@H](C)NC(=O)[C@@H](C)N(Cc1ccccc1)C(=O)CN(c1ccc(OC)cc1OC)S(C)(=O)=O. The summed E-state index contributed by atoms with van der Waals surface area (Å²) in [5, 5.41) is 2.90. The van der Waals surface area contributed by atoms with Gasteiger partial charge in [0.2, 0.25) is 21.8 Å². The molecule has 2 aromatic rings. The summed E-state index contributed by atoms with van der Waals surface area (Å²) in [6.45, 7) is 5.11. The van der Waals surface area contributed by atoms with Gasteiger partial charge < -0.3 is 19.7 Å². The number of anilines is 1. The van der Waals surface area contributed by atoms with Crippen LogP contribution >= 0.6 is 0 Å². The summed E-state index contributed by atoms with van der Waals surface area (Å²) in [6, 6.07) is 13.0. The number of ether oxygens (including phenoxy) is 2. The normalized spacial score (nSPS) is 12.9. The molecule has 2 amide bonds. The Kier molecular flexibility index (Phi) is 9.94. The molecule has 0 saturated heterocycles. The van der Waals surface area contributed by atoms with Crippen LogP contribution in [0.15, 0.2) is 48.5 Å². The maximum absolute atomic E-state index is 13.6. The number of hydrogen-bond acceptors (Lipinski definition) is 6. The van der Waals surface area contributed by atoms with Crippen molar-refractivity contribution in [1.82, 2.24) is 10.2 Å². The van der Waals surface area contributed by atoms with Crippen molar-refractivity contribution < 1.29 is 27.5 Å². The summed E-state index contributed by atoms with van der Waals surface area (Å²) in [4.78, 5) is 27.9. The van der Waals surface area contributed by atoms with E-state index in [0.29, 0.717) is 5.75 Å². The molecule has 0 aromatic heterocycles. The Morgan fingerprint density at radius 1 is 1.03 bits per heavy atom. The number of benzene rings is 2. The molecule has 0 aliphatic carbocycles. The first-order valence-electron chi connectivity index (χ1n) is 11.3. The third-order valence-corrected chi connectivity index (χ3v) is 6.83. The van der Waals surface area contributed by atoms with Crippen molar-refractivity contribution in [2.24, 2.45) is 0 Å². The molecule has 2 atom stereocenters. The number of carbonyl (C=O) groups is 2. The van der Waals surface area contributed by atoms with Gasteiger partial charge in [0.15, 0.2) is 0 Å². The average Bonchev–Trinajstić information content (AvgIpc) is 2.84. The molecule has 9 nitrogen and oxygen atoms in total. The molecule has 0 aliphatic rings. The molecule has 2 rings (SSSR count). The standard InChI is InChI=1S/C25H35N3O6S/c1-7-18(2)26-25(30)19(3)27(16-20-11-9-8-10-12-20)24(29)17-28(35(6,31)32)22-14-13-21(33-4)15-23(22)34-5/h8-15,18-19H,7,16-17H2,1-6H3,(H,26,30)/t18-,19-/m1/s1. The third-order valence-electron chi connectivity index (χ3n) is 5.70. The van der Waals surface area contributed by atoms with E-state index in [4.69, 9.17) is 9.47 Å². The molecule has 0 aliphatic heterocycles. The molecule has 10 heteroatoms. The number of nitrogens with zero attached hydrogens (tertiary/aromatic N) is 2. The lowest BCUT2D eigenvalue weighted by molar-refractivity contribution is -0.139. The lowest BCUT2D eigenvalue weighted by atomic mass is 10.1. The highest BCUT2D eigenvalue weighted by Crippen LogP contribution is 2.33. The number of nitrogens with one attached hydrogen (secondary N) is 1. The second-order valence-corrected chi connectivity index (χ2v) is 10.2. The zero-order valence-electron chi connectivity index (χ0n) is 21.1. The summed E-state index contributed by atoms with van der Waals surface area (Å²) in [6.07, 6.45) is 1.76. The molecule has 0 spiro atoms. The van der Waals surface area contributed by atoms with Gasteiger partial charge in [0.25, 0.3) is 0 Å². The van der Waals surface area contributed by atoms with Crippen LogP contribution in [-0.4, -0.2) is 64.2 Å². The van der Waals surface area contributed by atoms with Crippen molar-refractivity contribution in [1.29, 1.82) is 0 Å². The summed E-state index contributed by atoms with van der Waals surface area (Å²) in [5.74, 6) is -0.119. The minimum Gasteiger partial charge on any atom is -0.497 e. The van der Waals surface area contributed by atoms with Crippen LogP contribution in [0.5, 0.6) is 11.5 Å². The fraction of sp³-hybridized carbons (Fsp3) is 0.440. The second kappa shape index (κ2) is 12.4. The molecule has 0 radical (unpaired) electrons. The van der Waals surface area contributed by atoms with Gasteiger partial charge in [-0.1, -0.05) is 37.3 Å². The van der Waals surface area contributed by atoms with Crippen LogP contribution in [0.1, 0.15) is 32.8 Å². The molecule has 2 aromatic carbocycles. The number of methoxy groups -OCH3 is 2. The van der Waals surface area contributed by atoms with Gasteiger partial charge in [-0.2, -0.15) is 0 Å². The van der Waals surface area contributed by atoms with Gasteiger partial charge in [-0.25, -0.2) is 8.42 Å². The molecule has 0 bridgehead atoms. The smallest absolute Gasteiger partial charge is 0.244 e. The van der Waals surface area contributed by atoms with E-state index in [-0.39, 0.29) is 29.9 Å². The number of carbonyl (C=O) groups excluding carboxylic acids is 2. The molecule has 192 valence electrons. The van der Waals surface area contributed by atoms with E-state index >= 15 is 0 Å². The van der Waals surface area contributed by atoms with Crippen LogP contribution in [0, 0.1) is 0 Å². The average molecular weight is 506 g/mol. The van der Waals surface area contributed by atoms with Crippen LogP contribution in [0.3, 0.4) is 0 Å².